The van der Waals surface area contributed by atoms with Gasteiger partial charge in [-0.2, -0.15) is 0 Å². The van der Waals surface area contributed by atoms with Gasteiger partial charge in [0.2, 0.25) is 5.91 Å². The number of nitrogens with two attached hydrogens (primary N) is 1. The molecule has 1 rings (SSSR count). The minimum Gasteiger partial charge on any atom is -0.466 e. The molecule has 0 saturated heterocycles. The number of amides is 1. The minimum atomic E-state index is -1.04. The van der Waals surface area contributed by atoms with Crippen LogP contribution in [0.3, 0.4) is 0 Å². The predicted octanol–water partition coefficient (Wildman–Crippen LogP) is -1.94. The largest absolute Gasteiger partial charge is 0.466 e. The molecule has 21 heavy (non-hydrogen) atoms. The van der Waals surface area contributed by atoms with Crippen molar-refractivity contribution in [3.05, 3.63) is 11.6 Å². The summed E-state index contributed by atoms with van der Waals surface area (Å²) in [6, 6.07) is -1.14. The molecule has 0 aromatic carbocycles. The van der Waals surface area contributed by atoms with Crippen LogP contribution in [-0.4, -0.2) is 66.7 Å². The quantitative estimate of drug-likeness (QED) is 0.420. The monoisotopic (exact) mass is 302 g/mol. The third-order valence-electron chi connectivity index (χ3n) is 3.16. The molecule has 0 aromatic rings. The molecule has 0 fully saturated rings. The first-order chi connectivity index (χ1) is 9.88. The zero-order chi connectivity index (χ0) is 16.0. The summed E-state index contributed by atoms with van der Waals surface area (Å²) in [6.45, 7) is 0.785. The number of rotatable bonds is 6. The summed E-state index contributed by atoms with van der Waals surface area (Å²) in [6.07, 6.45) is 0.106. The molecule has 1 amide bonds. The molecule has 5 N–H and O–H groups in total. The maximum absolute atomic E-state index is 11.6. The summed E-state index contributed by atoms with van der Waals surface area (Å²) >= 11 is 0. The first-order valence-electron chi connectivity index (χ1n) is 6.61. The Morgan fingerprint density at radius 1 is 1.57 bits per heavy atom. The van der Waals surface area contributed by atoms with Crippen molar-refractivity contribution >= 4 is 11.9 Å². The van der Waals surface area contributed by atoms with Crippen molar-refractivity contribution in [1.29, 1.82) is 0 Å². The Morgan fingerprint density at radius 2 is 2.24 bits per heavy atom. The first kappa shape index (κ1) is 17.6. The summed E-state index contributed by atoms with van der Waals surface area (Å²) in [5.74, 6) is -0.787. The van der Waals surface area contributed by atoms with Crippen LogP contribution < -0.4 is 11.1 Å². The third kappa shape index (κ3) is 5.09. The number of hydrogen-bond donors (Lipinski definition) is 4. The Hall–Kier alpha value is -1.48. The van der Waals surface area contributed by atoms with Crippen molar-refractivity contribution in [1.82, 2.24) is 5.32 Å². The van der Waals surface area contributed by atoms with E-state index in [1.165, 1.54) is 20.1 Å². The first-order valence-corrected chi connectivity index (χ1v) is 6.61. The van der Waals surface area contributed by atoms with E-state index in [-0.39, 0.29) is 18.9 Å². The van der Waals surface area contributed by atoms with E-state index in [0.29, 0.717) is 5.57 Å². The zero-order valence-electron chi connectivity index (χ0n) is 12.1. The van der Waals surface area contributed by atoms with E-state index in [1.807, 2.05) is 0 Å². The van der Waals surface area contributed by atoms with E-state index in [4.69, 9.17) is 15.6 Å². The third-order valence-corrected chi connectivity index (χ3v) is 3.16. The molecule has 0 bridgehead atoms. The fourth-order valence-corrected chi connectivity index (χ4v) is 2.15. The molecule has 0 spiro atoms. The summed E-state index contributed by atoms with van der Waals surface area (Å²) < 4.78 is 10.1. The van der Waals surface area contributed by atoms with Gasteiger partial charge in [0.05, 0.1) is 32.5 Å². The van der Waals surface area contributed by atoms with Gasteiger partial charge in [0.25, 0.3) is 0 Å². The van der Waals surface area contributed by atoms with Crippen molar-refractivity contribution < 1.29 is 29.3 Å². The van der Waals surface area contributed by atoms with Crippen molar-refractivity contribution in [2.24, 2.45) is 5.73 Å². The average molecular weight is 302 g/mol. The SMILES string of the molecule is COC(=O)C1=C[C@H](N)[C@@H](NC(C)=O)[C@H](OCC(O)CO)C1. The Labute approximate surface area is 122 Å². The topological polar surface area (TPSA) is 131 Å². The Kier molecular flexibility index (Phi) is 6.76. The number of carbonyl (C=O) groups is 2. The lowest BCUT2D eigenvalue weighted by atomic mass is 9.88. The van der Waals surface area contributed by atoms with Gasteiger partial charge in [0, 0.05) is 25.0 Å². The number of carbonyl (C=O) groups excluding carboxylic acids is 2. The highest BCUT2D eigenvalue weighted by atomic mass is 16.5. The molecule has 1 unspecified atom stereocenters. The smallest absolute Gasteiger partial charge is 0.333 e. The van der Waals surface area contributed by atoms with Crippen LogP contribution in [0.15, 0.2) is 11.6 Å². The van der Waals surface area contributed by atoms with E-state index in [2.05, 4.69) is 10.1 Å². The van der Waals surface area contributed by atoms with Crippen LogP contribution in [0.4, 0.5) is 0 Å². The fourth-order valence-electron chi connectivity index (χ4n) is 2.15. The lowest BCUT2D eigenvalue weighted by Crippen LogP contribution is -2.56. The van der Waals surface area contributed by atoms with Crippen molar-refractivity contribution in [2.75, 3.05) is 20.3 Å². The lowest BCUT2D eigenvalue weighted by Gasteiger charge is -2.35. The van der Waals surface area contributed by atoms with Crippen LogP contribution in [0.25, 0.3) is 0 Å². The average Bonchev–Trinajstić information content (AvgIpc) is 2.45. The van der Waals surface area contributed by atoms with E-state index in [9.17, 15) is 14.7 Å². The molecule has 0 aromatic heterocycles. The zero-order valence-corrected chi connectivity index (χ0v) is 12.1. The molecule has 1 aliphatic rings. The molecule has 4 atom stereocenters. The number of methoxy groups -OCH3 is 1. The van der Waals surface area contributed by atoms with Gasteiger partial charge in [0.15, 0.2) is 0 Å². The molecule has 0 aliphatic heterocycles. The summed E-state index contributed by atoms with van der Waals surface area (Å²) in [5.41, 5.74) is 6.31. The summed E-state index contributed by atoms with van der Waals surface area (Å²) in [5, 5.41) is 20.8. The number of esters is 1. The van der Waals surface area contributed by atoms with Gasteiger partial charge in [-0.3, -0.25) is 4.79 Å². The minimum absolute atomic E-state index is 0.127. The van der Waals surface area contributed by atoms with E-state index < -0.39 is 36.9 Å². The highest BCUT2D eigenvalue weighted by Crippen LogP contribution is 2.22. The van der Waals surface area contributed by atoms with Gasteiger partial charge in [0.1, 0.15) is 6.10 Å². The van der Waals surface area contributed by atoms with E-state index in [0.717, 1.165) is 0 Å². The van der Waals surface area contributed by atoms with Gasteiger partial charge >= 0.3 is 5.97 Å². The van der Waals surface area contributed by atoms with Gasteiger partial charge < -0.3 is 30.7 Å². The number of aliphatic hydroxyl groups is 2. The van der Waals surface area contributed by atoms with E-state index in [1.54, 1.807) is 0 Å². The van der Waals surface area contributed by atoms with Crippen LogP contribution >= 0.6 is 0 Å². The van der Waals surface area contributed by atoms with E-state index >= 15 is 0 Å². The van der Waals surface area contributed by atoms with Crippen LogP contribution in [0.1, 0.15) is 13.3 Å². The molecular weight excluding hydrogens is 280 g/mol. The van der Waals surface area contributed by atoms with Gasteiger partial charge in [-0.15, -0.1) is 0 Å². The molecular formula is C13H22N2O6. The second-order valence-corrected chi connectivity index (χ2v) is 4.90. The summed E-state index contributed by atoms with van der Waals surface area (Å²) in [7, 11) is 1.26. The molecule has 0 saturated carbocycles. The number of nitrogens with one attached hydrogen (secondary N) is 1. The molecule has 120 valence electrons. The van der Waals surface area contributed by atoms with Gasteiger partial charge in [-0.1, -0.05) is 6.08 Å². The Morgan fingerprint density at radius 3 is 2.76 bits per heavy atom. The van der Waals surface area contributed by atoms with Crippen LogP contribution in [0, 0.1) is 0 Å². The molecule has 0 heterocycles. The van der Waals surface area contributed by atoms with Crippen LogP contribution in [0.2, 0.25) is 0 Å². The molecule has 8 nitrogen and oxygen atoms in total. The Bertz CT molecular complexity index is 411. The van der Waals surface area contributed by atoms with Crippen molar-refractivity contribution in [2.45, 2.75) is 37.6 Å². The highest BCUT2D eigenvalue weighted by molar-refractivity contribution is 5.89. The van der Waals surface area contributed by atoms with Crippen molar-refractivity contribution in [3.8, 4) is 0 Å². The second-order valence-electron chi connectivity index (χ2n) is 4.90. The molecule has 1 aliphatic carbocycles. The van der Waals surface area contributed by atoms with Gasteiger partial charge in [-0.05, 0) is 0 Å². The second kappa shape index (κ2) is 8.08. The fraction of sp³-hybridized carbons (Fsp3) is 0.692. The van der Waals surface area contributed by atoms with Crippen molar-refractivity contribution in [3.63, 3.8) is 0 Å². The number of aliphatic hydroxyl groups excluding tert-OH is 2. The Balaban J connectivity index is 2.84. The number of hydrogen-bond acceptors (Lipinski definition) is 7. The molecule has 0 radical (unpaired) electrons. The van der Waals surface area contributed by atoms with Crippen LogP contribution in [-0.2, 0) is 19.1 Å². The maximum Gasteiger partial charge on any atom is 0.333 e. The molecule has 8 heteroatoms. The van der Waals surface area contributed by atoms with Gasteiger partial charge in [-0.25, -0.2) is 4.79 Å². The maximum atomic E-state index is 11.6. The lowest BCUT2D eigenvalue weighted by molar-refractivity contribution is -0.137. The normalized spacial score (nSPS) is 26.7. The van der Waals surface area contributed by atoms with Crippen LogP contribution in [0.5, 0.6) is 0 Å². The standard InChI is InChI=1S/C13H22N2O6/c1-7(17)15-12-10(14)3-8(13(19)20-2)4-11(12)21-6-9(18)5-16/h3,9-12,16,18H,4-6,14H2,1-2H3,(H,15,17)/t9?,10-,11+,12+/m0/s1. The number of ether oxygens (including phenoxy) is 2. The predicted molar refractivity (Wildman–Crippen MR) is 73.1 cm³/mol. The summed E-state index contributed by atoms with van der Waals surface area (Å²) in [4.78, 5) is 22.8. The highest BCUT2D eigenvalue weighted by Gasteiger charge is 2.35.